The third-order valence-electron chi connectivity index (χ3n) is 4.47. The van der Waals surface area contributed by atoms with E-state index in [1.165, 1.54) is 12.3 Å². The molecule has 0 bridgehead atoms. The number of benzene rings is 1. The highest BCUT2D eigenvalue weighted by atomic mass is 19.4. The summed E-state index contributed by atoms with van der Waals surface area (Å²) in [6.07, 6.45) is 0.393. The molecule has 1 amide bonds. The van der Waals surface area contributed by atoms with E-state index in [4.69, 9.17) is 4.74 Å². The number of hydrogen-bond donors (Lipinski definition) is 1. The van der Waals surface area contributed by atoms with Gasteiger partial charge in [0, 0.05) is 23.9 Å². The van der Waals surface area contributed by atoms with Crippen LogP contribution in [-0.2, 0) is 4.79 Å². The van der Waals surface area contributed by atoms with E-state index in [1.54, 1.807) is 12.1 Å². The van der Waals surface area contributed by atoms with Crippen molar-refractivity contribution < 1.29 is 31.8 Å². The van der Waals surface area contributed by atoms with E-state index in [2.05, 4.69) is 15.0 Å². The van der Waals surface area contributed by atoms with Crippen molar-refractivity contribution in [3.8, 4) is 22.8 Å². The normalized spacial score (nSPS) is 18.6. The van der Waals surface area contributed by atoms with Gasteiger partial charge < -0.3 is 14.8 Å². The van der Waals surface area contributed by atoms with Crippen molar-refractivity contribution in [3.63, 3.8) is 0 Å². The number of pyridine rings is 1. The van der Waals surface area contributed by atoms with E-state index in [9.17, 15) is 22.4 Å². The van der Waals surface area contributed by atoms with Crippen LogP contribution in [0.1, 0.15) is 39.5 Å². The number of hydrogen-bond acceptors (Lipinski definition) is 4. The summed E-state index contributed by atoms with van der Waals surface area (Å²) in [6.45, 7) is 4.00. The maximum Gasteiger partial charge on any atom is 0.573 e. The summed E-state index contributed by atoms with van der Waals surface area (Å²) >= 11 is 0. The molecule has 0 atom stereocenters. The molecular weight excluding hydrogens is 404 g/mol. The van der Waals surface area contributed by atoms with Gasteiger partial charge in [0.2, 0.25) is 6.41 Å². The van der Waals surface area contributed by atoms with Crippen LogP contribution in [0, 0.1) is 5.82 Å². The van der Waals surface area contributed by atoms with Gasteiger partial charge in [0.1, 0.15) is 5.75 Å². The summed E-state index contributed by atoms with van der Waals surface area (Å²) in [5.41, 5.74) is 0.669. The van der Waals surface area contributed by atoms with E-state index >= 15 is 0 Å². The Morgan fingerprint density at radius 1 is 1.10 bits per heavy atom. The summed E-state index contributed by atoms with van der Waals surface area (Å²) in [4.78, 5) is 14.6. The van der Waals surface area contributed by atoms with Crippen molar-refractivity contribution in [3.05, 3.63) is 42.3 Å². The lowest BCUT2D eigenvalue weighted by atomic mass is 9.93. The summed E-state index contributed by atoms with van der Waals surface area (Å²) < 4.78 is 60.2. The first kappa shape index (κ1) is 23.4. The van der Waals surface area contributed by atoms with Crippen LogP contribution < -0.4 is 14.8 Å². The Morgan fingerprint density at radius 2 is 1.80 bits per heavy atom. The van der Waals surface area contributed by atoms with Gasteiger partial charge in [-0.25, -0.2) is 4.39 Å². The van der Waals surface area contributed by atoms with Crippen LogP contribution in [0.3, 0.4) is 0 Å². The van der Waals surface area contributed by atoms with Gasteiger partial charge in [-0.1, -0.05) is 13.8 Å². The molecule has 1 aliphatic carbocycles. The largest absolute Gasteiger partial charge is 0.573 e. The van der Waals surface area contributed by atoms with E-state index < -0.39 is 17.9 Å². The van der Waals surface area contributed by atoms with Gasteiger partial charge >= 0.3 is 6.36 Å². The lowest BCUT2D eigenvalue weighted by Crippen LogP contribution is -2.35. The number of carbonyl (C=O) groups excluding carboxylic acids is 1. The van der Waals surface area contributed by atoms with Crippen LogP contribution >= 0.6 is 0 Å². The molecule has 3 rings (SSSR count). The summed E-state index contributed by atoms with van der Waals surface area (Å²) in [6, 6.07) is 6.57. The Balaban J connectivity index is 0.00000155. The number of nitrogens with one attached hydrogen (secondary N) is 1. The van der Waals surface area contributed by atoms with Crippen LogP contribution in [0.25, 0.3) is 11.3 Å². The summed E-state index contributed by atoms with van der Waals surface area (Å²) in [7, 11) is 0. The SMILES string of the molecule is CC.O=CNC1CCC(Oc2ccnc(-c3ccc(OC(F)(F)F)c(F)c3)c2)CC1. The topological polar surface area (TPSA) is 60.5 Å². The average molecular weight is 428 g/mol. The minimum atomic E-state index is -4.96. The summed E-state index contributed by atoms with van der Waals surface area (Å²) in [5, 5.41) is 2.76. The highest BCUT2D eigenvalue weighted by Crippen LogP contribution is 2.31. The van der Waals surface area contributed by atoms with Gasteiger partial charge in [0.25, 0.3) is 0 Å². The monoisotopic (exact) mass is 428 g/mol. The van der Waals surface area contributed by atoms with Crippen LogP contribution in [0.2, 0.25) is 0 Å². The molecule has 0 unspecified atom stereocenters. The van der Waals surface area contributed by atoms with Crippen molar-refractivity contribution in [1.29, 1.82) is 0 Å². The molecule has 2 aromatic rings. The molecule has 1 aromatic heterocycles. The van der Waals surface area contributed by atoms with Crippen LogP contribution in [0.15, 0.2) is 36.5 Å². The Kier molecular flexibility index (Phi) is 8.44. The second-order valence-electron chi connectivity index (χ2n) is 6.45. The third-order valence-corrected chi connectivity index (χ3v) is 4.47. The first-order valence-electron chi connectivity index (χ1n) is 9.72. The van der Waals surface area contributed by atoms with E-state index in [0.29, 0.717) is 23.4 Å². The maximum atomic E-state index is 13.9. The van der Waals surface area contributed by atoms with Gasteiger partial charge in [-0.2, -0.15) is 0 Å². The number of amides is 1. The van der Waals surface area contributed by atoms with E-state index in [1.807, 2.05) is 13.8 Å². The standard InChI is InChI=1S/C19H18F4N2O3.C2H6/c20-16-9-12(1-6-18(16)28-19(21,22)23)17-10-15(7-8-24-17)27-14-4-2-13(3-5-14)25-11-26;1-2/h1,6-11,13-14H,2-5H2,(H,25,26);1-2H3. The second-order valence-corrected chi connectivity index (χ2v) is 6.45. The Labute approximate surface area is 172 Å². The van der Waals surface area contributed by atoms with Crippen molar-refractivity contribution in [2.75, 3.05) is 0 Å². The minimum Gasteiger partial charge on any atom is -0.490 e. The molecule has 1 aromatic carbocycles. The fourth-order valence-corrected chi connectivity index (χ4v) is 3.15. The fraction of sp³-hybridized carbons (Fsp3) is 0.429. The van der Waals surface area contributed by atoms with E-state index in [0.717, 1.165) is 37.8 Å². The number of carbonyl (C=O) groups is 1. The molecule has 0 spiro atoms. The van der Waals surface area contributed by atoms with Crippen molar-refractivity contribution in [2.24, 2.45) is 0 Å². The lowest BCUT2D eigenvalue weighted by molar-refractivity contribution is -0.275. The van der Waals surface area contributed by atoms with Crippen molar-refractivity contribution in [1.82, 2.24) is 10.3 Å². The second kappa shape index (κ2) is 10.8. The molecule has 0 aliphatic heterocycles. The number of aromatic nitrogens is 1. The molecular formula is C21H24F4N2O3. The first-order valence-corrected chi connectivity index (χ1v) is 9.72. The number of ether oxygens (including phenoxy) is 2. The molecule has 0 saturated heterocycles. The molecule has 0 radical (unpaired) electrons. The molecule has 5 nitrogen and oxygen atoms in total. The van der Waals surface area contributed by atoms with Crippen molar-refractivity contribution in [2.45, 2.75) is 58.0 Å². The van der Waals surface area contributed by atoms with Crippen LogP contribution in [0.4, 0.5) is 17.6 Å². The minimum absolute atomic E-state index is 0.0146. The Morgan fingerprint density at radius 3 is 2.40 bits per heavy atom. The smallest absolute Gasteiger partial charge is 0.490 e. The van der Waals surface area contributed by atoms with Crippen LogP contribution in [0.5, 0.6) is 11.5 Å². The third kappa shape index (κ3) is 6.89. The quantitative estimate of drug-likeness (QED) is 0.504. The van der Waals surface area contributed by atoms with Gasteiger partial charge in [0.15, 0.2) is 11.6 Å². The zero-order valence-corrected chi connectivity index (χ0v) is 16.7. The lowest BCUT2D eigenvalue weighted by Gasteiger charge is -2.28. The highest BCUT2D eigenvalue weighted by Gasteiger charge is 2.32. The number of nitrogens with zero attached hydrogens (tertiary/aromatic N) is 1. The Bertz CT molecular complexity index is 822. The Hall–Kier alpha value is -2.84. The molecule has 164 valence electrons. The molecule has 1 heterocycles. The van der Waals surface area contributed by atoms with Crippen LogP contribution in [-0.4, -0.2) is 29.9 Å². The molecule has 1 N–H and O–H groups in total. The maximum absolute atomic E-state index is 13.9. The number of rotatable bonds is 6. The molecule has 30 heavy (non-hydrogen) atoms. The summed E-state index contributed by atoms with van der Waals surface area (Å²) in [5.74, 6) is -1.50. The zero-order valence-electron chi connectivity index (χ0n) is 16.7. The van der Waals surface area contributed by atoms with Crippen molar-refractivity contribution >= 4 is 6.41 Å². The molecule has 1 fully saturated rings. The average Bonchev–Trinajstić information content (AvgIpc) is 2.72. The molecule has 1 saturated carbocycles. The predicted molar refractivity (Wildman–Crippen MR) is 104 cm³/mol. The van der Waals surface area contributed by atoms with Gasteiger partial charge in [-0.3, -0.25) is 9.78 Å². The first-order chi connectivity index (χ1) is 14.3. The predicted octanol–water partition coefficient (Wildman–Crippen LogP) is 5.25. The van der Waals surface area contributed by atoms with E-state index in [-0.39, 0.29) is 12.1 Å². The number of halogens is 4. The number of alkyl halides is 3. The highest BCUT2D eigenvalue weighted by molar-refractivity contribution is 5.61. The zero-order chi connectivity index (χ0) is 22.1. The molecule has 1 aliphatic rings. The van der Waals surface area contributed by atoms with Gasteiger partial charge in [-0.05, 0) is 49.9 Å². The molecule has 9 heteroatoms. The van der Waals surface area contributed by atoms with Gasteiger partial charge in [-0.15, -0.1) is 13.2 Å². The van der Waals surface area contributed by atoms with Gasteiger partial charge in [0.05, 0.1) is 11.8 Å². The fourth-order valence-electron chi connectivity index (χ4n) is 3.15.